The first kappa shape index (κ1) is 15.1. The first-order valence-corrected chi connectivity index (χ1v) is 8.73. The van der Waals surface area contributed by atoms with Crippen molar-refractivity contribution in [3.05, 3.63) is 68.4 Å². The second kappa shape index (κ2) is 5.87. The number of fused-ring (bicyclic) bond motifs is 1. The van der Waals surface area contributed by atoms with Gasteiger partial charge in [0, 0.05) is 18.0 Å². The van der Waals surface area contributed by atoms with E-state index in [0.29, 0.717) is 23.0 Å². The summed E-state index contributed by atoms with van der Waals surface area (Å²) < 4.78 is 13.4. The summed E-state index contributed by atoms with van der Waals surface area (Å²) in [5, 5.41) is 4.63. The molecular weight excluding hydrogens is 327 g/mol. The van der Waals surface area contributed by atoms with E-state index in [1.54, 1.807) is 17.4 Å². The number of likely N-dealkylation sites (tertiary alicyclic amines) is 1. The molecule has 3 aromatic rings. The number of benzene rings is 1. The number of amides is 1. The molecule has 1 aliphatic rings. The van der Waals surface area contributed by atoms with Gasteiger partial charge in [0.1, 0.15) is 5.82 Å². The molecule has 122 valence electrons. The highest BCUT2D eigenvalue weighted by Gasteiger charge is 2.31. The van der Waals surface area contributed by atoms with E-state index in [9.17, 15) is 14.0 Å². The highest BCUT2D eigenvalue weighted by Crippen LogP contribution is 2.34. The largest absolute Gasteiger partial charge is 0.332 e. The van der Waals surface area contributed by atoms with Crippen LogP contribution in [-0.4, -0.2) is 22.3 Å². The summed E-state index contributed by atoms with van der Waals surface area (Å²) in [6.07, 6.45) is 1.85. The second-order valence-corrected chi connectivity index (χ2v) is 6.73. The molecular formula is C18H15FN2O2S. The van der Waals surface area contributed by atoms with Crippen LogP contribution < -0.4 is 5.56 Å². The minimum absolute atomic E-state index is 0.0403. The zero-order valence-corrected chi connectivity index (χ0v) is 13.6. The van der Waals surface area contributed by atoms with Crippen LogP contribution in [0.2, 0.25) is 0 Å². The highest BCUT2D eigenvalue weighted by molar-refractivity contribution is 7.08. The van der Waals surface area contributed by atoms with Crippen LogP contribution in [0.25, 0.3) is 10.9 Å². The third kappa shape index (κ3) is 2.53. The number of thiophene rings is 1. The number of hydrogen-bond acceptors (Lipinski definition) is 3. The molecule has 1 amide bonds. The van der Waals surface area contributed by atoms with Gasteiger partial charge in [0.2, 0.25) is 5.56 Å². The lowest BCUT2D eigenvalue weighted by molar-refractivity contribution is 0.0737. The van der Waals surface area contributed by atoms with Crippen molar-refractivity contribution < 1.29 is 9.18 Å². The van der Waals surface area contributed by atoms with Gasteiger partial charge in [-0.15, -0.1) is 0 Å². The van der Waals surface area contributed by atoms with Crippen LogP contribution in [0.4, 0.5) is 4.39 Å². The Hall–Kier alpha value is -2.47. The molecule has 1 saturated heterocycles. The molecule has 1 aliphatic heterocycles. The molecule has 0 unspecified atom stereocenters. The summed E-state index contributed by atoms with van der Waals surface area (Å²) in [5.74, 6) is -0.619. The molecule has 24 heavy (non-hydrogen) atoms. The molecule has 1 fully saturated rings. The van der Waals surface area contributed by atoms with E-state index in [2.05, 4.69) is 10.4 Å². The van der Waals surface area contributed by atoms with Crippen molar-refractivity contribution in [3.8, 4) is 0 Å². The van der Waals surface area contributed by atoms with E-state index in [0.717, 1.165) is 18.4 Å². The van der Waals surface area contributed by atoms with Gasteiger partial charge in [0.15, 0.2) is 0 Å². The zero-order chi connectivity index (χ0) is 16.7. The molecule has 0 saturated carbocycles. The molecule has 4 nitrogen and oxygen atoms in total. The van der Waals surface area contributed by atoms with Gasteiger partial charge in [-0.2, -0.15) is 11.3 Å². The highest BCUT2D eigenvalue weighted by atomic mass is 32.1. The van der Waals surface area contributed by atoms with Crippen molar-refractivity contribution in [2.75, 3.05) is 6.54 Å². The number of pyridine rings is 1. The molecule has 1 aromatic carbocycles. The molecule has 0 aliphatic carbocycles. The Bertz CT molecular complexity index is 965. The predicted molar refractivity (Wildman–Crippen MR) is 91.9 cm³/mol. The maximum Gasteiger partial charge on any atom is 0.255 e. The van der Waals surface area contributed by atoms with Crippen molar-refractivity contribution >= 4 is 28.1 Å². The van der Waals surface area contributed by atoms with Gasteiger partial charge < -0.3 is 9.88 Å². The summed E-state index contributed by atoms with van der Waals surface area (Å²) in [6.45, 7) is 0.662. The van der Waals surface area contributed by atoms with Gasteiger partial charge in [-0.25, -0.2) is 4.39 Å². The molecule has 0 radical (unpaired) electrons. The van der Waals surface area contributed by atoms with E-state index in [1.807, 2.05) is 16.3 Å². The average molecular weight is 342 g/mol. The van der Waals surface area contributed by atoms with Gasteiger partial charge in [-0.05, 0) is 53.4 Å². The summed E-state index contributed by atoms with van der Waals surface area (Å²) in [7, 11) is 0. The van der Waals surface area contributed by atoms with Crippen LogP contribution in [-0.2, 0) is 0 Å². The maximum atomic E-state index is 13.4. The fraction of sp³-hybridized carbons (Fsp3) is 0.222. The third-order valence-electron chi connectivity index (χ3n) is 4.48. The number of hydrogen-bond donors (Lipinski definition) is 1. The van der Waals surface area contributed by atoms with Crippen LogP contribution >= 0.6 is 11.3 Å². The minimum Gasteiger partial charge on any atom is -0.332 e. The Morgan fingerprint density at radius 3 is 2.96 bits per heavy atom. The van der Waals surface area contributed by atoms with E-state index < -0.39 is 11.4 Å². The number of rotatable bonds is 2. The molecule has 0 bridgehead atoms. The number of halogens is 1. The van der Waals surface area contributed by atoms with E-state index in [4.69, 9.17) is 0 Å². The second-order valence-electron chi connectivity index (χ2n) is 5.95. The average Bonchev–Trinajstić information content (AvgIpc) is 3.23. The van der Waals surface area contributed by atoms with E-state index in [-0.39, 0.29) is 11.9 Å². The first-order valence-electron chi connectivity index (χ1n) is 7.79. The number of nitrogens with zero attached hydrogens (tertiary/aromatic N) is 1. The van der Waals surface area contributed by atoms with Gasteiger partial charge in [0.25, 0.3) is 5.91 Å². The number of carbonyl (C=O) groups is 1. The SMILES string of the molecule is O=C(c1cc(=O)[nH]c2cc(F)ccc12)N1CCC[C@@H]1c1ccsc1. The fourth-order valence-electron chi connectivity index (χ4n) is 3.39. The van der Waals surface area contributed by atoms with Crippen molar-refractivity contribution in [2.45, 2.75) is 18.9 Å². The number of nitrogens with one attached hydrogen (secondary N) is 1. The van der Waals surface area contributed by atoms with Crippen molar-refractivity contribution in [1.29, 1.82) is 0 Å². The predicted octanol–water partition coefficient (Wildman–Crippen LogP) is 3.71. The third-order valence-corrected chi connectivity index (χ3v) is 5.18. The van der Waals surface area contributed by atoms with Crippen molar-refractivity contribution in [3.63, 3.8) is 0 Å². The zero-order valence-electron chi connectivity index (χ0n) is 12.8. The monoisotopic (exact) mass is 342 g/mol. The van der Waals surface area contributed by atoms with Crippen LogP contribution in [0, 0.1) is 5.82 Å². The Kier molecular flexibility index (Phi) is 3.69. The lowest BCUT2D eigenvalue weighted by atomic mass is 10.1. The van der Waals surface area contributed by atoms with Crippen LogP contribution in [0.3, 0.4) is 0 Å². The van der Waals surface area contributed by atoms with Crippen molar-refractivity contribution in [1.82, 2.24) is 9.88 Å². The van der Waals surface area contributed by atoms with Gasteiger partial charge in [0.05, 0.1) is 17.1 Å². The lowest BCUT2D eigenvalue weighted by Crippen LogP contribution is -2.31. The van der Waals surface area contributed by atoms with E-state index in [1.165, 1.54) is 18.2 Å². The Balaban J connectivity index is 1.79. The number of aromatic amines is 1. The Labute approximate surface area is 141 Å². The number of H-pyrrole nitrogens is 1. The van der Waals surface area contributed by atoms with Crippen LogP contribution in [0.5, 0.6) is 0 Å². The van der Waals surface area contributed by atoms with Crippen LogP contribution in [0.1, 0.15) is 34.8 Å². The summed E-state index contributed by atoms with van der Waals surface area (Å²) in [5.41, 5.74) is 1.40. The molecule has 1 atom stereocenters. The molecule has 1 N–H and O–H groups in total. The lowest BCUT2D eigenvalue weighted by Gasteiger charge is -2.24. The molecule has 2 aromatic heterocycles. The molecule has 0 spiro atoms. The van der Waals surface area contributed by atoms with Crippen molar-refractivity contribution in [2.24, 2.45) is 0 Å². The quantitative estimate of drug-likeness (QED) is 0.772. The van der Waals surface area contributed by atoms with Gasteiger partial charge in [-0.1, -0.05) is 0 Å². The first-order chi connectivity index (χ1) is 11.6. The summed E-state index contributed by atoms with van der Waals surface area (Å²) in [4.78, 5) is 29.4. The Morgan fingerprint density at radius 1 is 1.29 bits per heavy atom. The molecule has 6 heteroatoms. The number of aromatic nitrogens is 1. The molecule has 3 heterocycles. The summed E-state index contributed by atoms with van der Waals surface area (Å²) in [6, 6.07) is 7.48. The normalized spacial score (nSPS) is 17.5. The smallest absolute Gasteiger partial charge is 0.255 e. The van der Waals surface area contributed by atoms with Crippen LogP contribution in [0.15, 0.2) is 45.9 Å². The number of carbonyl (C=O) groups excluding carboxylic acids is 1. The Morgan fingerprint density at radius 2 is 2.17 bits per heavy atom. The summed E-state index contributed by atoms with van der Waals surface area (Å²) >= 11 is 1.61. The standard InChI is InChI=1S/C18H15FN2O2S/c19-12-3-4-13-14(9-17(22)20-15(13)8-12)18(23)21-6-1-2-16(21)11-5-7-24-10-11/h3-5,7-10,16H,1-2,6H2,(H,20,22)/t16-/m1/s1. The van der Waals surface area contributed by atoms with E-state index >= 15 is 0 Å². The van der Waals surface area contributed by atoms with Gasteiger partial charge >= 0.3 is 0 Å². The van der Waals surface area contributed by atoms with Gasteiger partial charge in [-0.3, -0.25) is 9.59 Å². The maximum absolute atomic E-state index is 13.4. The molecule has 4 rings (SSSR count). The minimum atomic E-state index is -0.444. The fourth-order valence-corrected chi connectivity index (χ4v) is 4.09. The topological polar surface area (TPSA) is 53.2 Å².